The van der Waals surface area contributed by atoms with Gasteiger partial charge in [0.1, 0.15) is 5.82 Å². The van der Waals surface area contributed by atoms with Gasteiger partial charge < -0.3 is 10.6 Å². The molecule has 0 aliphatic rings. The summed E-state index contributed by atoms with van der Waals surface area (Å²) in [6.45, 7) is 0. The summed E-state index contributed by atoms with van der Waals surface area (Å²) in [5, 5.41) is 7.59. The minimum atomic E-state index is -0.363. The number of anilines is 2. The van der Waals surface area contributed by atoms with Crippen LogP contribution in [0.3, 0.4) is 0 Å². The minimum Gasteiger partial charge on any atom is -0.326 e. The van der Waals surface area contributed by atoms with Crippen LogP contribution >= 0.6 is 11.3 Å². The zero-order valence-electron chi connectivity index (χ0n) is 13.7. The standard InChI is InChI=1S/C19H16FN3O2S/c20-14-6-8-15(9-7-14)21-18(25)11-16-12-26-19(22-16)23-17(24)10-13-4-2-1-3-5-13/h1-9,12H,10-11H2,(H,21,25)(H,22,23,24). The highest BCUT2D eigenvalue weighted by Crippen LogP contribution is 2.17. The number of aromatic nitrogens is 1. The van der Waals surface area contributed by atoms with Crippen molar-refractivity contribution in [1.29, 1.82) is 0 Å². The Labute approximate surface area is 153 Å². The number of carbonyl (C=O) groups excluding carboxylic acids is 2. The van der Waals surface area contributed by atoms with E-state index in [0.717, 1.165) is 5.56 Å². The van der Waals surface area contributed by atoms with Crippen LogP contribution in [0.5, 0.6) is 0 Å². The molecule has 0 radical (unpaired) electrons. The topological polar surface area (TPSA) is 71.1 Å². The molecular formula is C19H16FN3O2S. The highest BCUT2D eigenvalue weighted by molar-refractivity contribution is 7.13. The fourth-order valence-corrected chi connectivity index (χ4v) is 3.02. The van der Waals surface area contributed by atoms with Gasteiger partial charge in [0, 0.05) is 11.1 Å². The van der Waals surface area contributed by atoms with Crippen LogP contribution in [-0.4, -0.2) is 16.8 Å². The van der Waals surface area contributed by atoms with E-state index in [9.17, 15) is 14.0 Å². The summed E-state index contributed by atoms with van der Waals surface area (Å²) < 4.78 is 12.9. The number of nitrogens with zero attached hydrogens (tertiary/aromatic N) is 1. The summed E-state index contributed by atoms with van der Waals surface area (Å²) in [7, 11) is 0. The molecule has 132 valence electrons. The second-order valence-corrected chi connectivity index (χ2v) is 6.44. The Kier molecular flexibility index (Phi) is 5.70. The Morgan fingerprint density at radius 1 is 0.923 bits per heavy atom. The number of thiazole rings is 1. The van der Waals surface area contributed by atoms with Gasteiger partial charge in [0.05, 0.1) is 18.5 Å². The van der Waals surface area contributed by atoms with Crippen LogP contribution in [-0.2, 0) is 22.4 Å². The summed E-state index contributed by atoms with van der Waals surface area (Å²) in [4.78, 5) is 28.3. The van der Waals surface area contributed by atoms with Gasteiger partial charge in [-0.05, 0) is 29.8 Å². The van der Waals surface area contributed by atoms with Crippen LogP contribution in [0, 0.1) is 5.82 Å². The van der Waals surface area contributed by atoms with Crippen molar-refractivity contribution in [3.8, 4) is 0 Å². The van der Waals surface area contributed by atoms with E-state index in [-0.39, 0.29) is 30.5 Å². The summed E-state index contributed by atoms with van der Waals surface area (Å²) in [5.74, 6) is -0.782. The number of hydrogen-bond acceptors (Lipinski definition) is 4. The van der Waals surface area contributed by atoms with Gasteiger partial charge >= 0.3 is 0 Å². The first-order valence-corrected chi connectivity index (χ1v) is 8.80. The molecule has 2 N–H and O–H groups in total. The molecule has 0 fully saturated rings. The number of hydrogen-bond donors (Lipinski definition) is 2. The normalized spacial score (nSPS) is 10.3. The highest BCUT2D eigenvalue weighted by Gasteiger charge is 2.11. The van der Waals surface area contributed by atoms with Crippen LogP contribution in [0.1, 0.15) is 11.3 Å². The lowest BCUT2D eigenvalue weighted by Gasteiger charge is -2.03. The van der Waals surface area contributed by atoms with Crippen molar-refractivity contribution >= 4 is 34.0 Å². The highest BCUT2D eigenvalue weighted by atomic mass is 32.1. The number of amides is 2. The summed E-state index contributed by atoms with van der Waals surface area (Å²) in [6.07, 6.45) is 0.337. The van der Waals surface area contributed by atoms with Crippen molar-refractivity contribution in [3.63, 3.8) is 0 Å². The molecule has 0 unspecified atom stereocenters. The van der Waals surface area contributed by atoms with Gasteiger partial charge in [0.25, 0.3) is 0 Å². The van der Waals surface area contributed by atoms with Gasteiger partial charge in [-0.3, -0.25) is 9.59 Å². The van der Waals surface area contributed by atoms with E-state index in [4.69, 9.17) is 0 Å². The zero-order valence-corrected chi connectivity index (χ0v) is 14.6. The largest absolute Gasteiger partial charge is 0.326 e. The minimum absolute atomic E-state index is 0.0719. The average molecular weight is 369 g/mol. The van der Waals surface area contributed by atoms with E-state index in [1.54, 1.807) is 5.38 Å². The Morgan fingerprint density at radius 2 is 1.62 bits per heavy atom. The maximum absolute atomic E-state index is 12.9. The Balaban J connectivity index is 1.51. The van der Waals surface area contributed by atoms with Crippen LogP contribution in [0.4, 0.5) is 15.2 Å². The molecule has 2 amide bonds. The number of halogens is 1. The molecule has 0 saturated carbocycles. The van der Waals surface area contributed by atoms with Gasteiger partial charge in [-0.1, -0.05) is 30.3 Å². The van der Waals surface area contributed by atoms with Crippen molar-refractivity contribution in [3.05, 3.63) is 77.1 Å². The first-order valence-electron chi connectivity index (χ1n) is 7.92. The molecule has 0 aliphatic heterocycles. The molecule has 1 aromatic heterocycles. The number of nitrogens with one attached hydrogen (secondary N) is 2. The van der Waals surface area contributed by atoms with Crippen molar-refractivity contribution in [2.45, 2.75) is 12.8 Å². The SMILES string of the molecule is O=C(Cc1csc(NC(=O)Cc2ccccc2)n1)Nc1ccc(F)cc1. The molecule has 0 atom stereocenters. The number of benzene rings is 2. The van der Waals surface area contributed by atoms with Gasteiger partial charge in [-0.2, -0.15) is 0 Å². The van der Waals surface area contributed by atoms with Gasteiger partial charge in [0.15, 0.2) is 5.13 Å². The third-order valence-corrected chi connectivity index (χ3v) is 4.28. The van der Waals surface area contributed by atoms with Crippen molar-refractivity contribution in [2.75, 3.05) is 10.6 Å². The van der Waals surface area contributed by atoms with Gasteiger partial charge in [-0.15, -0.1) is 11.3 Å². The summed E-state index contributed by atoms with van der Waals surface area (Å²) in [5.41, 5.74) is 1.99. The third kappa shape index (κ3) is 5.22. The molecule has 7 heteroatoms. The molecule has 0 saturated heterocycles. The fraction of sp³-hybridized carbons (Fsp3) is 0.105. The maximum Gasteiger partial charge on any atom is 0.230 e. The molecule has 3 aromatic rings. The molecule has 0 spiro atoms. The van der Waals surface area contributed by atoms with Crippen molar-refractivity contribution in [1.82, 2.24) is 4.98 Å². The zero-order chi connectivity index (χ0) is 18.4. The lowest BCUT2D eigenvalue weighted by Crippen LogP contribution is -2.16. The second-order valence-electron chi connectivity index (χ2n) is 5.59. The average Bonchev–Trinajstić information content (AvgIpc) is 3.04. The van der Waals surface area contributed by atoms with Crippen molar-refractivity contribution < 1.29 is 14.0 Å². The molecule has 26 heavy (non-hydrogen) atoms. The summed E-state index contributed by atoms with van der Waals surface area (Å²) >= 11 is 1.27. The van der Waals surface area contributed by atoms with Crippen LogP contribution in [0.2, 0.25) is 0 Å². The predicted octanol–water partition coefficient (Wildman–Crippen LogP) is 3.64. The molecule has 5 nitrogen and oxygen atoms in total. The van der Waals surface area contributed by atoms with E-state index in [1.807, 2.05) is 30.3 Å². The molecule has 1 heterocycles. The molecular weight excluding hydrogens is 353 g/mol. The Hall–Kier alpha value is -3.06. The van der Waals surface area contributed by atoms with Gasteiger partial charge in [0.2, 0.25) is 11.8 Å². The van der Waals surface area contributed by atoms with Crippen LogP contribution in [0.15, 0.2) is 60.0 Å². The maximum atomic E-state index is 12.9. The van der Waals surface area contributed by atoms with E-state index < -0.39 is 0 Å². The van der Waals surface area contributed by atoms with Crippen LogP contribution in [0.25, 0.3) is 0 Å². The van der Waals surface area contributed by atoms with E-state index >= 15 is 0 Å². The van der Waals surface area contributed by atoms with E-state index in [2.05, 4.69) is 15.6 Å². The third-order valence-electron chi connectivity index (χ3n) is 3.48. The quantitative estimate of drug-likeness (QED) is 0.697. The second kappa shape index (κ2) is 8.35. The first kappa shape index (κ1) is 17.8. The first-order chi connectivity index (χ1) is 12.6. The monoisotopic (exact) mass is 369 g/mol. The molecule has 0 bridgehead atoms. The predicted molar refractivity (Wildman–Crippen MR) is 99.6 cm³/mol. The van der Waals surface area contributed by atoms with Crippen molar-refractivity contribution in [2.24, 2.45) is 0 Å². The van der Waals surface area contributed by atoms with E-state index in [0.29, 0.717) is 16.5 Å². The molecule has 0 aliphatic carbocycles. The number of carbonyl (C=O) groups is 2. The fourth-order valence-electron chi connectivity index (χ4n) is 2.29. The van der Waals surface area contributed by atoms with E-state index in [1.165, 1.54) is 35.6 Å². The van der Waals surface area contributed by atoms with Gasteiger partial charge in [-0.25, -0.2) is 9.37 Å². The Bertz CT molecular complexity index is 895. The molecule has 2 aromatic carbocycles. The lowest BCUT2D eigenvalue weighted by atomic mass is 10.1. The molecule has 3 rings (SSSR count). The smallest absolute Gasteiger partial charge is 0.230 e. The Morgan fingerprint density at radius 3 is 2.35 bits per heavy atom. The lowest BCUT2D eigenvalue weighted by molar-refractivity contribution is -0.116. The summed E-state index contributed by atoms with van der Waals surface area (Å²) in [6, 6.07) is 14.9. The number of rotatable bonds is 6. The van der Waals surface area contributed by atoms with Crippen LogP contribution < -0.4 is 10.6 Å².